The molecule has 96 valence electrons. The van der Waals surface area contributed by atoms with E-state index >= 15 is 0 Å². The average molecular weight is 275 g/mol. The highest BCUT2D eigenvalue weighted by Gasteiger charge is 2.07. The van der Waals surface area contributed by atoms with E-state index in [-0.39, 0.29) is 5.82 Å². The molecule has 0 amide bonds. The van der Waals surface area contributed by atoms with E-state index in [4.69, 9.17) is 16.9 Å². The second kappa shape index (κ2) is 5.73. The van der Waals surface area contributed by atoms with Gasteiger partial charge in [-0.1, -0.05) is 29.8 Å². The minimum atomic E-state index is -0.388. The lowest BCUT2D eigenvalue weighted by Crippen LogP contribution is -2.03. The maximum Gasteiger partial charge on any atom is 0.129 e. The highest BCUT2D eigenvalue weighted by molar-refractivity contribution is 6.31. The molecule has 0 heterocycles. The molecule has 2 aromatic rings. The number of rotatable bonds is 3. The van der Waals surface area contributed by atoms with Crippen LogP contribution in [0.5, 0.6) is 0 Å². The van der Waals surface area contributed by atoms with Crippen LogP contribution >= 0.6 is 11.6 Å². The molecule has 0 bridgehead atoms. The summed E-state index contributed by atoms with van der Waals surface area (Å²) in [5, 5.41) is 12.6. The predicted octanol–water partition coefficient (Wildman–Crippen LogP) is 4.27. The quantitative estimate of drug-likeness (QED) is 0.907. The Morgan fingerprint density at radius 3 is 2.74 bits per heavy atom. The van der Waals surface area contributed by atoms with Crippen LogP contribution in [0, 0.1) is 24.1 Å². The smallest absolute Gasteiger partial charge is 0.129 e. The largest absolute Gasteiger partial charge is 0.381 e. The lowest BCUT2D eigenvalue weighted by molar-refractivity contribution is 0.618. The van der Waals surface area contributed by atoms with Crippen LogP contribution in [0.2, 0.25) is 5.02 Å². The van der Waals surface area contributed by atoms with Gasteiger partial charge < -0.3 is 5.32 Å². The van der Waals surface area contributed by atoms with Crippen molar-refractivity contribution in [2.24, 2.45) is 0 Å². The number of nitriles is 1. The van der Waals surface area contributed by atoms with Gasteiger partial charge in [-0.3, -0.25) is 0 Å². The summed E-state index contributed by atoms with van der Waals surface area (Å²) in [6, 6.07) is 12.3. The first-order valence-electron chi connectivity index (χ1n) is 5.79. The highest BCUT2D eigenvalue weighted by atomic mass is 35.5. The number of benzene rings is 2. The van der Waals surface area contributed by atoms with Crippen LogP contribution in [0.1, 0.15) is 16.7 Å². The Kier molecular flexibility index (Phi) is 4.03. The molecule has 0 saturated carbocycles. The Hall–Kier alpha value is -2.05. The van der Waals surface area contributed by atoms with Crippen molar-refractivity contribution in [2.45, 2.75) is 13.5 Å². The van der Waals surface area contributed by atoms with Crippen LogP contribution in [0.3, 0.4) is 0 Å². The maximum absolute atomic E-state index is 13.6. The Bertz CT molecular complexity index is 647. The monoisotopic (exact) mass is 274 g/mol. The fraction of sp³-hybridized carbons (Fsp3) is 0.133. The van der Waals surface area contributed by atoms with Gasteiger partial charge in [0.25, 0.3) is 0 Å². The van der Waals surface area contributed by atoms with E-state index in [2.05, 4.69) is 5.32 Å². The SMILES string of the molecule is Cc1c(F)cc(C#N)cc1NCc1ccccc1Cl. The summed E-state index contributed by atoms with van der Waals surface area (Å²) in [7, 11) is 0. The molecule has 0 saturated heterocycles. The van der Waals surface area contributed by atoms with E-state index in [9.17, 15) is 4.39 Å². The van der Waals surface area contributed by atoms with E-state index in [1.807, 2.05) is 24.3 Å². The van der Waals surface area contributed by atoms with Gasteiger partial charge in [0.05, 0.1) is 11.6 Å². The predicted molar refractivity (Wildman–Crippen MR) is 74.6 cm³/mol. The van der Waals surface area contributed by atoms with Crippen molar-refractivity contribution in [3.8, 4) is 6.07 Å². The van der Waals surface area contributed by atoms with Gasteiger partial charge in [-0.05, 0) is 30.7 Å². The third-order valence-electron chi connectivity index (χ3n) is 2.90. The Labute approximate surface area is 116 Å². The molecule has 2 rings (SSSR count). The molecule has 19 heavy (non-hydrogen) atoms. The third kappa shape index (κ3) is 3.04. The molecule has 0 aromatic heterocycles. The van der Waals surface area contributed by atoms with E-state index in [1.165, 1.54) is 6.07 Å². The van der Waals surface area contributed by atoms with Crippen LogP contribution in [0.15, 0.2) is 36.4 Å². The van der Waals surface area contributed by atoms with Gasteiger partial charge in [-0.25, -0.2) is 4.39 Å². The van der Waals surface area contributed by atoms with Crippen molar-refractivity contribution in [2.75, 3.05) is 5.32 Å². The Morgan fingerprint density at radius 1 is 1.32 bits per heavy atom. The van der Waals surface area contributed by atoms with Crippen LogP contribution < -0.4 is 5.32 Å². The van der Waals surface area contributed by atoms with Crippen LogP contribution in [-0.4, -0.2) is 0 Å². The minimum Gasteiger partial charge on any atom is -0.381 e. The summed E-state index contributed by atoms with van der Waals surface area (Å²) < 4.78 is 13.6. The number of hydrogen-bond donors (Lipinski definition) is 1. The minimum absolute atomic E-state index is 0.296. The number of hydrogen-bond acceptors (Lipinski definition) is 2. The molecule has 2 aromatic carbocycles. The van der Waals surface area contributed by atoms with Gasteiger partial charge in [0, 0.05) is 22.8 Å². The normalized spacial score (nSPS) is 10.0. The van der Waals surface area contributed by atoms with Gasteiger partial charge in [-0.2, -0.15) is 5.26 Å². The van der Waals surface area contributed by atoms with Gasteiger partial charge >= 0.3 is 0 Å². The molecule has 0 atom stereocenters. The molecule has 0 radical (unpaired) electrons. The maximum atomic E-state index is 13.6. The molecule has 0 aliphatic carbocycles. The number of nitrogens with one attached hydrogen (secondary N) is 1. The first-order valence-corrected chi connectivity index (χ1v) is 6.17. The fourth-order valence-electron chi connectivity index (χ4n) is 1.76. The van der Waals surface area contributed by atoms with E-state index in [0.29, 0.717) is 28.4 Å². The van der Waals surface area contributed by atoms with Gasteiger partial charge in [-0.15, -0.1) is 0 Å². The van der Waals surface area contributed by atoms with Crippen LogP contribution in [0.25, 0.3) is 0 Å². The van der Waals surface area contributed by atoms with Crippen molar-refractivity contribution in [3.63, 3.8) is 0 Å². The Morgan fingerprint density at radius 2 is 2.05 bits per heavy atom. The zero-order valence-electron chi connectivity index (χ0n) is 10.4. The van der Waals surface area contributed by atoms with Gasteiger partial charge in [0.2, 0.25) is 0 Å². The standard InChI is InChI=1S/C15H12ClFN2/c1-10-14(17)6-11(8-18)7-15(10)19-9-12-4-2-3-5-13(12)16/h2-7,19H,9H2,1H3. The van der Waals surface area contributed by atoms with E-state index < -0.39 is 0 Å². The summed E-state index contributed by atoms with van der Waals surface area (Å²) in [5.41, 5.74) is 2.32. The average Bonchev–Trinajstić information content (AvgIpc) is 2.42. The zero-order chi connectivity index (χ0) is 13.8. The Balaban J connectivity index is 2.23. The van der Waals surface area contributed by atoms with Crippen LogP contribution in [-0.2, 0) is 6.54 Å². The highest BCUT2D eigenvalue weighted by Crippen LogP contribution is 2.22. The molecule has 0 fully saturated rings. The zero-order valence-corrected chi connectivity index (χ0v) is 11.1. The van der Waals surface area contributed by atoms with E-state index in [0.717, 1.165) is 5.56 Å². The van der Waals surface area contributed by atoms with Crippen molar-refractivity contribution >= 4 is 17.3 Å². The first kappa shape index (κ1) is 13.4. The molecule has 0 aliphatic rings. The summed E-state index contributed by atoms with van der Waals surface area (Å²) in [4.78, 5) is 0. The van der Waals surface area contributed by atoms with Crippen LogP contribution in [0.4, 0.5) is 10.1 Å². The summed E-state index contributed by atoms with van der Waals surface area (Å²) in [6.07, 6.45) is 0. The van der Waals surface area contributed by atoms with Crippen molar-refractivity contribution < 1.29 is 4.39 Å². The van der Waals surface area contributed by atoms with Crippen molar-refractivity contribution in [1.29, 1.82) is 5.26 Å². The summed E-state index contributed by atoms with van der Waals surface area (Å²) in [5.74, 6) is -0.388. The molecule has 0 unspecified atom stereocenters. The van der Waals surface area contributed by atoms with Crippen molar-refractivity contribution in [1.82, 2.24) is 0 Å². The molecule has 1 N–H and O–H groups in total. The van der Waals surface area contributed by atoms with Crippen molar-refractivity contribution in [3.05, 3.63) is 63.9 Å². The van der Waals surface area contributed by atoms with Gasteiger partial charge in [0.1, 0.15) is 5.82 Å². The molecule has 2 nitrogen and oxygen atoms in total. The third-order valence-corrected chi connectivity index (χ3v) is 3.27. The molecule has 0 aliphatic heterocycles. The number of anilines is 1. The number of halogens is 2. The molecular formula is C15H12ClFN2. The molecular weight excluding hydrogens is 263 g/mol. The topological polar surface area (TPSA) is 35.8 Å². The first-order chi connectivity index (χ1) is 9.11. The fourth-order valence-corrected chi connectivity index (χ4v) is 1.96. The second-order valence-corrected chi connectivity index (χ2v) is 4.59. The summed E-state index contributed by atoms with van der Waals surface area (Å²) in [6.45, 7) is 2.15. The number of nitrogens with zero attached hydrogens (tertiary/aromatic N) is 1. The summed E-state index contributed by atoms with van der Waals surface area (Å²) >= 11 is 6.05. The lowest BCUT2D eigenvalue weighted by atomic mass is 10.1. The van der Waals surface area contributed by atoms with Gasteiger partial charge in [0.15, 0.2) is 0 Å². The second-order valence-electron chi connectivity index (χ2n) is 4.19. The van der Waals surface area contributed by atoms with E-state index in [1.54, 1.807) is 19.1 Å². The molecule has 4 heteroatoms. The molecule has 0 spiro atoms. The lowest BCUT2D eigenvalue weighted by Gasteiger charge is -2.11.